The molecule has 1 N–H and O–H groups in total. The number of methoxy groups -OCH3 is 1. The Balaban J connectivity index is 2.14. The van der Waals surface area contributed by atoms with E-state index in [1.807, 2.05) is 48.9 Å². The fourth-order valence-electron chi connectivity index (χ4n) is 2.40. The van der Waals surface area contributed by atoms with Crippen molar-refractivity contribution < 1.29 is 13.2 Å². The highest BCUT2D eigenvalue weighted by Crippen LogP contribution is 2.19. The summed E-state index contributed by atoms with van der Waals surface area (Å²) < 4.78 is 34.6. The van der Waals surface area contributed by atoms with Crippen molar-refractivity contribution in [1.82, 2.24) is 14.2 Å². The maximum Gasteiger partial charge on any atom is 0.240 e. The van der Waals surface area contributed by atoms with Gasteiger partial charge in [0.15, 0.2) is 0 Å². The highest BCUT2D eigenvalue weighted by atomic mass is 32.2. The van der Waals surface area contributed by atoms with E-state index in [4.69, 9.17) is 4.74 Å². The highest BCUT2D eigenvalue weighted by Gasteiger charge is 2.21. The van der Waals surface area contributed by atoms with Crippen LogP contribution in [-0.4, -0.2) is 45.6 Å². The summed E-state index contributed by atoms with van der Waals surface area (Å²) >= 11 is 0. The van der Waals surface area contributed by atoms with Gasteiger partial charge in [-0.25, -0.2) is 13.1 Å². The Morgan fingerprint density at radius 2 is 1.87 bits per heavy atom. The SMILES string of the molecule is COc1ccc(S(=O)(=O)NC[C@@H](c2cccn2C)N(C)C)cc1. The van der Waals surface area contributed by atoms with E-state index in [1.54, 1.807) is 19.2 Å². The van der Waals surface area contributed by atoms with Crippen LogP contribution in [0.5, 0.6) is 5.75 Å². The Morgan fingerprint density at radius 3 is 2.35 bits per heavy atom. The van der Waals surface area contributed by atoms with E-state index in [1.165, 1.54) is 12.1 Å². The van der Waals surface area contributed by atoms with Gasteiger partial charge in [-0.2, -0.15) is 0 Å². The summed E-state index contributed by atoms with van der Waals surface area (Å²) in [7, 11) is 3.79. The van der Waals surface area contributed by atoms with Crippen LogP contribution in [0.4, 0.5) is 0 Å². The van der Waals surface area contributed by atoms with Gasteiger partial charge in [0.25, 0.3) is 0 Å². The molecule has 0 saturated heterocycles. The monoisotopic (exact) mass is 337 g/mol. The van der Waals surface area contributed by atoms with Gasteiger partial charge in [-0.3, -0.25) is 4.90 Å². The van der Waals surface area contributed by atoms with Crippen LogP contribution in [0.3, 0.4) is 0 Å². The molecule has 0 bridgehead atoms. The lowest BCUT2D eigenvalue weighted by Gasteiger charge is -2.25. The number of benzene rings is 1. The van der Waals surface area contributed by atoms with Crippen LogP contribution in [0, 0.1) is 0 Å². The van der Waals surface area contributed by atoms with Crippen LogP contribution in [0.15, 0.2) is 47.5 Å². The molecule has 1 aromatic heterocycles. The lowest BCUT2D eigenvalue weighted by Crippen LogP contribution is -2.35. The predicted octanol–water partition coefficient (Wildman–Crippen LogP) is 1.61. The van der Waals surface area contributed by atoms with Gasteiger partial charge in [-0.1, -0.05) is 0 Å². The van der Waals surface area contributed by atoms with E-state index < -0.39 is 10.0 Å². The summed E-state index contributed by atoms with van der Waals surface area (Å²) in [5, 5.41) is 0. The molecule has 0 radical (unpaired) electrons. The van der Waals surface area contributed by atoms with Crippen molar-refractivity contribution in [3.8, 4) is 5.75 Å². The smallest absolute Gasteiger partial charge is 0.240 e. The van der Waals surface area contributed by atoms with Crippen LogP contribution >= 0.6 is 0 Å². The van der Waals surface area contributed by atoms with Crippen molar-refractivity contribution in [1.29, 1.82) is 0 Å². The summed E-state index contributed by atoms with van der Waals surface area (Å²) in [4.78, 5) is 2.22. The summed E-state index contributed by atoms with van der Waals surface area (Å²) in [6, 6.07) is 10.2. The molecule has 0 spiro atoms. The van der Waals surface area contributed by atoms with Crippen molar-refractivity contribution in [2.75, 3.05) is 27.7 Å². The molecule has 2 aromatic rings. The van der Waals surface area contributed by atoms with Gasteiger partial charge in [-0.15, -0.1) is 0 Å². The summed E-state index contributed by atoms with van der Waals surface area (Å²) in [6.45, 7) is 0.291. The topological polar surface area (TPSA) is 63.6 Å². The second-order valence-corrected chi connectivity index (χ2v) is 7.32. The third-order valence-electron chi connectivity index (χ3n) is 3.79. The Morgan fingerprint density at radius 1 is 1.22 bits per heavy atom. The van der Waals surface area contributed by atoms with E-state index in [2.05, 4.69) is 4.72 Å². The molecule has 0 aliphatic carbocycles. The number of hydrogen-bond donors (Lipinski definition) is 1. The molecule has 0 aliphatic rings. The van der Waals surface area contributed by atoms with Crippen LogP contribution in [-0.2, 0) is 17.1 Å². The third-order valence-corrected chi connectivity index (χ3v) is 5.22. The zero-order chi connectivity index (χ0) is 17.0. The molecule has 0 unspecified atom stereocenters. The molecule has 0 aliphatic heterocycles. The first-order chi connectivity index (χ1) is 10.8. The maximum absolute atomic E-state index is 12.4. The molecule has 0 saturated carbocycles. The van der Waals surface area contributed by atoms with E-state index in [0.29, 0.717) is 12.3 Å². The van der Waals surface area contributed by atoms with E-state index in [-0.39, 0.29) is 10.9 Å². The van der Waals surface area contributed by atoms with Gasteiger partial charge in [0.2, 0.25) is 10.0 Å². The Hall–Kier alpha value is -1.83. The van der Waals surface area contributed by atoms with Crippen LogP contribution in [0.2, 0.25) is 0 Å². The lowest BCUT2D eigenvalue weighted by atomic mass is 10.2. The summed E-state index contributed by atoms with van der Waals surface area (Å²) in [5.74, 6) is 0.624. The zero-order valence-electron chi connectivity index (χ0n) is 13.9. The third kappa shape index (κ3) is 4.13. The fourth-order valence-corrected chi connectivity index (χ4v) is 3.44. The molecule has 126 valence electrons. The van der Waals surface area contributed by atoms with Gasteiger partial charge in [0.1, 0.15) is 5.75 Å². The zero-order valence-corrected chi connectivity index (χ0v) is 14.7. The van der Waals surface area contributed by atoms with Crippen molar-refractivity contribution in [2.24, 2.45) is 7.05 Å². The number of hydrogen-bond acceptors (Lipinski definition) is 4. The number of sulfonamides is 1. The normalized spacial score (nSPS) is 13.3. The number of aromatic nitrogens is 1. The number of rotatable bonds is 7. The van der Waals surface area contributed by atoms with Gasteiger partial charge in [0.05, 0.1) is 18.0 Å². The molecule has 23 heavy (non-hydrogen) atoms. The predicted molar refractivity (Wildman–Crippen MR) is 90.0 cm³/mol. The molecule has 0 amide bonds. The van der Waals surface area contributed by atoms with Crippen LogP contribution in [0.25, 0.3) is 0 Å². The van der Waals surface area contributed by atoms with E-state index >= 15 is 0 Å². The molecule has 1 aromatic carbocycles. The second kappa shape index (κ2) is 7.16. The van der Waals surface area contributed by atoms with Crippen molar-refractivity contribution in [2.45, 2.75) is 10.9 Å². The minimum atomic E-state index is -3.56. The van der Waals surface area contributed by atoms with Crippen LogP contribution in [0.1, 0.15) is 11.7 Å². The summed E-state index contributed by atoms with van der Waals surface area (Å²) in [6.07, 6.45) is 1.95. The number of aryl methyl sites for hydroxylation is 1. The quantitative estimate of drug-likeness (QED) is 0.834. The van der Waals surface area contributed by atoms with Crippen molar-refractivity contribution >= 4 is 10.0 Å². The molecule has 0 fully saturated rings. The molecular weight excluding hydrogens is 314 g/mol. The van der Waals surface area contributed by atoms with Crippen molar-refractivity contribution in [3.05, 3.63) is 48.3 Å². The molecule has 2 rings (SSSR count). The molecule has 1 atom stereocenters. The van der Waals surface area contributed by atoms with Gasteiger partial charge in [0, 0.05) is 25.5 Å². The average Bonchev–Trinajstić information content (AvgIpc) is 2.93. The lowest BCUT2D eigenvalue weighted by molar-refractivity contribution is 0.289. The van der Waals surface area contributed by atoms with E-state index in [0.717, 1.165) is 5.69 Å². The Labute approximate surface area is 137 Å². The standard InChI is InChI=1S/C16H23N3O3S/c1-18(2)16(15-6-5-11-19(15)3)12-17-23(20,21)14-9-7-13(22-4)8-10-14/h5-11,16-17H,12H2,1-4H3/t16-/m0/s1. The number of nitrogens with zero attached hydrogens (tertiary/aromatic N) is 2. The Bertz CT molecular complexity index is 736. The van der Waals surface area contributed by atoms with E-state index in [9.17, 15) is 8.42 Å². The molecule has 7 heteroatoms. The number of ether oxygens (including phenoxy) is 1. The van der Waals surface area contributed by atoms with Gasteiger partial charge in [-0.05, 0) is 50.5 Å². The average molecular weight is 337 g/mol. The fraction of sp³-hybridized carbons (Fsp3) is 0.375. The molecule has 6 nitrogen and oxygen atoms in total. The maximum atomic E-state index is 12.4. The number of likely N-dealkylation sites (N-methyl/N-ethyl adjacent to an activating group) is 1. The molecule has 1 heterocycles. The van der Waals surface area contributed by atoms with Crippen molar-refractivity contribution in [3.63, 3.8) is 0 Å². The summed E-state index contributed by atoms with van der Waals surface area (Å²) in [5.41, 5.74) is 1.05. The highest BCUT2D eigenvalue weighted by molar-refractivity contribution is 7.89. The van der Waals surface area contributed by atoms with Gasteiger partial charge >= 0.3 is 0 Å². The first-order valence-corrected chi connectivity index (χ1v) is 8.75. The minimum Gasteiger partial charge on any atom is -0.497 e. The second-order valence-electron chi connectivity index (χ2n) is 5.55. The first kappa shape index (κ1) is 17.5. The number of nitrogens with one attached hydrogen (secondary N) is 1. The molecular formula is C16H23N3O3S. The Kier molecular flexibility index (Phi) is 5.46. The largest absolute Gasteiger partial charge is 0.497 e. The first-order valence-electron chi connectivity index (χ1n) is 7.26. The minimum absolute atomic E-state index is 0.0528. The van der Waals surface area contributed by atoms with Crippen LogP contribution < -0.4 is 9.46 Å². The van der Waals surface area contributed by atoms with Gasteiger partial charge < -0.3 is 9.30 Å².